The Hall–Kier alpha value is -2.60. The summed E-state index contributed by atoms with van der Waals surface area (Å²) in [6.45, 7) is 1.75. The van der Waals surface area contributed by atoms with Crippen LogP contribution in [0.2, 0.25) is 0 Å². The number of nitrogens with one attached hydrogen (secondary N) is 1. The van der Waals surface area contributed by atoms with Crippen molar-refractivity contribution in [3.05, 3.63) is 65.0 Å². The van der Waals surface area contributed by atoms with E-state index in [1.165, 1.54) is 6.07 Å². The Bertz CT molecular complexity index is 814. The summed E-state index contributed by atoms with van der Waals surface area (Å²) in [6, 6.07) is 5.02. The molecule has 3 rings (SSSR count). The summed E-state index contributed by atoms with van der Waals surface area (Å²) in [5, 5.41) is 8.71. The molecule has 1 aromatic heterocycles. The first-order valence-electron chi connectivity index (χ1n) is 8.76. The molecule has 0 spiro atoms. The Kier molecular flexibility index (Phi) is 5.73. The molecule has 2 aromatic rings. The quantitative estimate of drug-likeness (QED) is 0.586. The summed E-state index contributed by atoms with van der Waals surface area (Å²) in [5.74, 6) is 0.663. The Morgan fingerprint density at radius 1 is 1.31 bits per heavy atom. The van der Waals surface area contributed by atoms with E-state index in [4.69, 9.17) is 5.21 Å². The lowest BCUT2D eigenvalue weighted by molar-refractivity contribution is -0.129. The zero-order valence-electron chi connectivity index (χ0n) is 14.7. The largest absolute Gasteiger partial charge is 0.289 e. The zero-order valence-corrected chi connectivity index (χ0v) is 14.7. The van der Waals surface area contributed by atoms with Gasteiger partial charge in [0.25, 0.3) is 0 Å². The topological polar surface area (TPSA) is 75.1 Å². The molecular formula is C20H22FN3O2. The van der Waals surface area contributed by atoms with Crippen LogP contribution in [0.4, 0.5) is 4.39 Å². The second-order valence-electron chi connectivity index (χ2n) is 6.60. The van der Waals surface area contributed by atoms with E-state index in [1.54, 1.807) is 30.9 Å². The number of allylic oxidation sites excluding steroid dienone is 2. The molecule has 0 unspecified atom stereocenters. The number of hydrogen-bond acceptors (Lipinski definition) is 4. The lowest BCUT2D eigenvalue weighted by Crippen LogP contribution is -2.18. The Labute approximate surface area is 152 Å². The third kappa shape index (κ3) is 4.52. The highest BCUT2D eigenvalue weighted by Crippen LogP contribution is 2.37. The molecule has 1 saturated carbocycles. The van der Waals surface area contributed by atoms with Crippen molar-refractivity contribution in [1.82, 2.24) is 15.4 Å². The van der Waals surface area contributed by atoms with Crippen LogP contribution in [-0.2, 0) is 11.2 Å². The van der Waals surface area contributed by atoms with E-state index in [2.05, 4.69) is 9.97 Å². The number of halogens is 1. The molecule has 1 aliphatic carbocycles. The molecule has 26 heavy (non-hydrogen) atoms. The zero-order chi connectivity index (χ0) is 18.5. The summed E-state index contributed by atoms with van der Waals surface area (Å²) < 4.78 is 13.7. The number of hydroxylamine groups is 1. The maximum absolute atomic E-state index is 13.7. The third-order valence-corrected chi connectivity index (χ3v) is 4.68. The minimum Gasteiger partial charge on any atom is -0.289 e. The van der Waals surface area contributed by atoms with Crippen LogP contribution in [0.5, 0.6) is 0 Å². The fourth-order valence-corrected chi connectivity index (χ4v) is 2.83. The number of nitrogens with zero attached hydrogens (tertiary/aromatic N) is 2. The Morgan fingerprint density at radius 2 is 2.04 bits per heavy atom. The maximum Gasteiger partial charge on any atom is 0.243 e. The highest BCUT2D eigenvalue weighted by Gasteiger charge is 2.26. The highest BCUT2D eigenvalue weighted by molar-refractivity contribution is 5.77. The summed E-state index contributed by atoms with van der Waals surface area (Å²) >= 11 is 0. The van der Waals surface area contributed by atoms with Crippen molar-refractivity contribution in [2.24, 2.45) is 0 Å². The van der Waals surface area contributed by atoms with E-state index in [0.717, 1.165) is 35.4 Å². The fourth-order valence-electron chi connectivity index (χ4n) is 2.83. The SMILES string of the molecule is Cc1c(F)cccc1C/C=C(\CCC(=O)NO)c1cnc(C2CC2)nc1. The minimum absolute atomic E-state index is 0.148. The molecule has 2 N–H and O–H groups in total. The van der Waals surface area contributed by atoms with Crippen LogP contribution >= 0.6 is 0 Å². The summed E-state index contributed by atoms with van der Waals surface area (Å²) in [7, 11) is 0. The van der Waals surface area contributed by atoms with E-state index in [1.807, 2.05) is 12.1 Å². The van der Waals surface area contributed by atoms with E-state index < -0.39 is 5.91 Å². The summed E-state index contributed by atoms with van der Waals surface area (Å²) in [6.07, 6.45) is 8.94. The smallest absolute Gasteiger partial charge is 0.243 e. The van der Waals surface area contributed by atoms with Gasteiger partial charge in [0.15, 0.2) is 0 Å². The second kappa shape index (κ2) is 8.19. The lowest BCUT2D eigenvalue weighted by atomic mass is 9.98. The lowest BCUT2D eigenvalue weighted by Gasteiger charge is -2.09. The number of benzene rings is 1. The van der Waals surface area contributed by atoms with Gasteiger partial charge in [-0.15, -0.1) is 0 Å². The highest BCUT2D eigenvalue weighted by atomic mass is 19.1. The van der Waals surface area contributed by atoms with Crippen molar-refractivity contribution in [3.63, 3.8) is 0 Å². The van der Waals surface area contributed by atoms with Crippen molar-refractivity contribution in [3.8, 4) is 0 Å². The van der Waals surface area contributed by atoms with Gasteiger partial charge in [-0.05, 0) is 55.4 Å². The van der Waals surface area contributed by atoms with Gasteiger partial charge >= 0.3 is 0 Å². The monoisotopic (exact) mass is 355 g/mol. The van der Waals surface area contributed by atoms with E-state index >= 15 is 0 Å². The van der Waals surface area contributed by atoms with Crippen LogP contribution in [0.15, 0.2) is 36.7 Å². The first-order chi connectivity index (χ1) is 12.6. The van der Waals surface area contributed by atoms with Crippen molar-refractivity contribution >= 4 is 11.5 Å². The second-order valence-corrected chi connectivity index (χ2v) is 6.60. The van der Waals surface area contributed by atoms with Crippen molar-refractivity contribution in [2.75, 3.05) is 0 Å². The van der Waals surface area contributed by atoms with Gasteiger partial charge in [0.2, 0.25) is 5.91 Å². The molecule has 1 aromatic carbocycles. The summed E-state index contributed by atoms with van der Waals surface area (Å²) in [5.41, 5.74) is 4.91. The van der Waals surface area contributed by atoms with E-state index in [-0.39, 0.29) is 12.2 Å². The predicted octanol–water partition coefficient (Wildman–Crippen LogP) is 3.71. The molecule has 0 saturated heterocycles. The van der Waals surface area contributed by atoms with Crippen molar-refractivity contribution in [1.29, 1.82) is 0 Å². The summed E-state index contributed by atoms with van der Waals surface area (Å²) in [4.78, 5) is 20.3. The molecule has 0 aliphatic heterocycles. The van der Waals surface area contributed by atoms with Crippen molar-refractivity contribution < 1.29 is 14.4 Å². The average molecular weight is 355 g/mol. The van der Waals surface area contributed by atoms with Crippen molar-refractivity contribution in [2.45, 2.75) is 44.9 Å². The van der Waals surface area contributed by atoms with Gasteiger partial charge < -0.3 is 0 Å². The molecule has 1 fully saturated rings. The molecule has 1 heterocycles. The number of hydrogen-bond donors (Lipinski definition) is 2. The van der Waals surface area contributed by atoms with E-state index in [9.17, 15) is 9.18 Å². The Balaban J connectivity index is 1.81. The normalized spacial score (nSPS) is 14.3. The molecule has 1 aliphatic rings. The molecule has 5 nitrogen and oxygen atoms in total. The molecule has 0 bridgehead atoms. The number of carbonyl (C=O) groups excluding carboxylic acids is 1. The number of rotatable bonds is 7. The van der Waals surface area contributed by atoms with Gasteiger partial charge in [-0.25, -0.2) is 19.8 Å². The molecule has 136 valence electrons. The average Bonchev–Trinajstić information content (AvgIpc) is 3.50. The van der Waals surface area contributed by atoms with Gasteiger partial charge in [0.1, 0.15) is 11.6 Å². The van der Waals surface area contributed by atoms with Gasteiger partial charge in [-0.1, -0.05) is 18.2 Å². The standard InChI is InChI=1S/C20H22FN3O2/c1-13-14(3-2-4-18(13)21)5-6-15(9-10-19(25)24-26)17-11-22-20(23-12-17)16-7-8-16/h2-4,6,11-12,16,26H,5,7-10H2,1H3,(H,24,25)/b15-6+. The van der Waals surface area contributed by atoms with Gasteiger partial charge in [-0.3, -0.25) is 10.0 Å². The van der Waals surface area contributed by atoms with E-state index in [0.29, 0.717) is 24.3 Å². The number of carbonyl (C=O) groups is 1. The number of amides is 1. The van der Waals surface area contributed by atoms with Gasteiger partial charge in [0.05, 0.1) is 0 Å². The predicted molar refractivity (Wildman–Crippen MR) is 96.0 cm³/mol. The molecule has 1 amide bonds. The number of aromatic nitrogens is 2. The van der Waals surface area contributed by atoms with Gasteiger partial charge in [0, 0.05) is 30.3 Å². The molecular weight excluding hydrogens is 333 g/mol. The van der Waals surface area contributed by atoms with Crippen LogP contribution in [0.3, 0.4) is 0 Å². The first-order valence-corrected chi connectivity index (χ1v) is 8.76. The van der Waals surface area contributed by atoms with Crippen LogP contribution in [0.1, 0.15) is 54.1 Å². The van der Waals surface area contributed by atoms with Crippen LogP contribution < -0.4 is 5.48 Å². The maximum atomic E-state index is 13.7. The van der Waals surface area contributed by atoms with Crippen LogP contribution in [0, 0.1) is 12.7 Å². The van der Waals surface area contributed by atoms with Crippen LogP contribution in [0.25, 0.3) is 5.57 Å². The third-order valence-electron chi connectivity index (χ3n) is 4.68. The Morgan fingerprint density at radius 3 is 2.69 bits per heavy atom. The minimum atomic E-state index is -0.451. The van der Waals surface area contributed by atoms with Gasteiger partial charge in [-0.2, -0.15) is 0 Å². The molecule has 6 heteroatoms. The molecule has 0 radical (unpaired) electrons. The van der Waals surface area contributed by atoms with Crippen LogP contribution in [-0.4, -0.2) is 21.1 Å². The first kappa shape index (κ1) is 18.2. The fraction of sp³-hybridized carbons (Fsp3) is 0.350. The molecule has 0 atom stereocenters.